The van der Waals surface area contributed by atoms with Gasteiger partial charge in [0.05, 0.1) is 0 Å². The third-order valence-corrected chi connectivity index (χ3v) is 2.75. The fraction of sp³-hybridized carbons (Fsp3) is 0.200. The first-order valence-corrected chi connectivity index (χ1v) is 6.20. The topological polar surface area (TPSA) is 49.8 Å². The van der Waals surface area contributed by atoms with Gasteiger partial charge in [0.15, 0.2) is 0 Å². The van der Waals surface area contributed by atoms with Gasteiger partial charge in [0.2, 0.25) is 0 Å². The summed E-state index contributed by atoms with van der Waals surface area (Å²) in [6.07, 6.45) is 3.33. The van der Waals surface area contributed by atoms with Crippen molar-refractivity contribution in [2.45, 2.75) is 13.8 Å². The quantitative estimate of drug-likeness (QED) is 0.802. The lowest BCUT2D eigenvalue weighted by atomic mass is 10.1. The van der Waals surface area contributed by atoms with Crippen molar-refractivity contribution in [2.24, 2.45) is 0 Å². The molecule has 2 aromatic rings. The summed E-state index contributed by atoms with van der Waals surface area (Å²) < 4.78 is 0. The molecule has 0 bridgehead atoms. The van der Waals surface area contributed by atoms with Crippen molar-refractivity contribution in [3.8, 4) is 0 Å². The summed E-state index contributed by atoms with van der Waals surface area (Å²) in [4.78, 5) is 8.37. The van der Waals surface area contributed by atoms with Gasteiger partial charge in [-0.2, -0.15) is 0 Å². The molecule has 4 nitrogen and oxygen atoms in total. The first-order valence-electron chi connectivity index (χ1n) is 6.20. The van der Waals surface area contributed by atoms with Crippen molar-refractivity contribution in [3.05, 3.63) is 54.4 Å². The maximum absolute atomic E-state index is 4.23. The second-order valence-corrected chi connectivity index (χ2v) is 4.40. The van der Waals surface area contributed by atoms with Crippen LogP contribution in [0.4, 0.5) is 17.3 Å². The zero-order valence-corrected chi connectivity index (χ0v) is 11.3. The molecule has 0 fully saturated rings. The number of aryl methyl sites for hydroxylation is 2. The lowest BCUT2D eigenvalue weighted by Crippen LogP contribution is -2.02. The molecule has 2 rings (SSSR count). The van der Waals surface area contributed by atoms with E-state index in [4.69, 9.17) is 0 Å². The molecule has 0 unspecified atom stereocenters. The van der Waals surface area contributed by atoms with Crippen molar-refractivity contribution in [1.29, 1.82) is 0 Å². The Hall–Kier alpha value is -2.36. The molecule has 98 valence electrons. The number of benzene rings is 1. The maximum atomic E-state index is 4.23. The van der Waals surface area contributed by atoms with Crippen LogP contribution < -0.4 is 10.6 Å². The Morgan fingerprint density at radius 3 is 2.74 bits per heavy atom. The van der Waals surface area contributed by atoms with Crippen molar-refractivity contribution in [1.82, 2.24) is 9.97 Å². The third-order valence-electron chi connectivity index (χ3n) is 2.75. The minimum Gasteiger partial charge on any atom is -0.366 e. The molecule has 0 radical (unpaired) electrons. The second kappa shape index (κ2) is 6.00. The van der Waals surface area contributed by atoms with Crippen LogP contribution in [0.3, 0.4) is 0 Å². The highest BCUT2D eigenvalue weighted by atomic mass is 15.1. The van der Waals surface area contributed by atoms with Crippen LogP contribution in [-0.4, -0.2) is 16.5 Å². The molecule has 0 atom stereocenters. The molecule has 1 heterocycles. The van der Waals surface area contributed by atoms with Gasteiger partial charge in [0.25, 0.3) is 0 Å². The zero-order valence-electron chi connectivity index (χ0n) is 11.3. The number of hydrogen-bond acceptors (Lipinski definition) is 4. The van der Waals surface area contributed by atoms with Crippen LogP contribution in [0, 0.1) is 13.8 Å². The van der Waals surface area contributed by atoms with E-state index < -0.39 is 0 Å². The van der Waals surface area contributed by atoms with Crippen molar-refractivity contribution in [2.75, 3.05) is 17.2 Å². The van der Waals surface area contributed by atoms with Crippen LogP contribution in [-0.2, 0) is 0 Å². The smallest absolute Gasteiger partial charge is 0.135 e. The molecule has 0 aliphatic rings. The normalized spacial score (nSPS) is 10.0. The predicted molar refractivity (Wildman–Crippen MR) is 79.9 cm³/mol. The van der Waals surface area contributed by atoms with Gasteiger partial charge < -0.3 is 10.6 Å². The summed E-state index contributed by atoms with van der Waals surface area (Å²) in [6.45, 7) is 8.49. The minimum absolute atomic E-state index is 0.680. The Morgan fingerprint density at radius 1 is 1.16 bits per heavy atom. The number of aromatic nitrogens is 2. The lowest BCUT2D eigenvalue weighted by molar-refractivity contribution is 1.14. The molecule has 0 aliphatic carbocycles. The second-order valence-electron chi connectivity index (χ2n) is 4.40. The number of hydrogen-bond donors (Lipinski definition) is 2. The summed E-state index contributed by atoms with van der Waals surface area (Å²) in [5.41, 5.74) is 3.46. The highest BCUT2D eigenvalue weighted by Gasteiger charge is 2.02. The van der Waals surface area contributed by atoms with Gasteiger partial charge in [0, 0.05) is 18.3 Å². The van der Waals surface area contributed by atoms with Gasteiger partial charge in [-0.05, 0) is 31.0 Å². The fourth-order valence-corrected chi connectivity index (χ4v) is 1.71. The molecule has 1 aromatic carbocycles. The molecule has 19 heavy (non-hydrogen) atoms. The zero-order chi connectivity index (χ0) is 13.7. The van der Waals surface area contributed by atoms with E-state index in [1.54, 1.807) is 12.4 Å². The highest BCUT2D eigenvalue weighted by molar-refractivity contribution is 5.62. The van der Waals surface area contributed by atoms with E-state index in [1.807, 2.05) is 6.07 Å². The van der Waals surface area contributed by atoms with Gasteiger partial charge in [0.1, 0.15) is 18.0 Å². The van der Waals surface area contributed by atoms with E-state index >= 15 is 0 Å². The molecule has 0 amide bonds. The monoisotopic (exact) mass is 254 g/mol. The van der Waals surface area contributed by atoms with Gasteiger partial charge >= 0.3 is 0 Å². The van der Waals surface area contributed by atoms with Gasteiger partial charge in [-0.1, -0.05) is 18.2 Å². The van der Waals surface area contributed by atoms with E-state index in [0.717, 1.165) is 17.3 Å². The third kappa shape index (κ3) is 3.55. The van der Waals surface area contributed by atoms with E-state index in [0.29, 0.717) is 6.54 Å². The van der Waals surface area contributed by atoms with E-state index in [9.17, 15) is 0 Å². The summed E-state index contributed by atoms with van der Waals surface area (Å²) in [5, 5.41) is 6.45. The standard InChI is InChI=1S/C15H18N4/c1-4-7-16-14-9-15(18-10-17-14)19-13-8-11(2)5-6-12(13)3/h4-6,8-10H,1,7H2,2-3H3,(H2,16,17,18,19). The first-order chi connectivity index (χ1) is 9.19. The Bertz CT molecular complexity index is 578. The number of anilines is 3. The van der Waals surface area contributed by atoms with Crippen LogP contribution in [0.25, 0.3) is 0 Å². The van der Waals surface area contributed by atoms with Crippen LogP contribution in [0.5, 0.6) is 0 Å². The summed E-state index contributed by atoms with van der Waals surface area (Å²) in [5.74, 6) is 1.55. The van der Waals surface area contributed by atoms with E-state index in [2.05, 4.69) is 59.2 Å². The van der Waals surface area contributed by atoms with Crippen LogP contribution >= 0.6 is 0 Å². The van der Waals surface area contributed by atoms with Crippen LogP contribution in [0.15, 0.2) is 43.2 Å². The molecule has 4 heteroatoms. The average Bonchev–Trinajstić information content (AvgIpc) is 2.41. The number of nitrogens with one attached hydrogen (secondary N) is 2. The first kappa shape index (κ1) is 13.1. The molecule has 0 spiro atoms. The number of rotatable bonds is 5. The van der Waals surface area contributed by atoms with Crippen molar-refractivity contribution in [3.63, 3.8) is 0 Å². The Morgan fingerprint density at radius 2 is 1.95 bits per heavy atom. The highest BCUT2D eigenvalue weighted by Crippen LogP contribution is 2.21. The SMILES string of the molecule is C=CCNc1cc(Nc2cc(C)ccc2C)ncn1. The van der Waals surface area contributed by atoms with Gasteiger partial charge in [-0.15, -0.1) is 6.58 Å². The van der Waals surface area contributed by atoms with Crippen LogP contribution in [0.2, 0.25) is 0 Å². The van der Waals surface area contributed by atoms with Gasteiger partial charge in [-0.3, -0.25) is 0 Å². The minimum atomic E-state index is 0.680. The van der Waals surface area contributed by atoms with E-state index in [1.165, 1.54) is 11.1 Å². The predicted octanol–water partition coefficient (Wildman–Crippen LogP) is 3.43. The molecular weight excluding hydrogens is 236 g/mol. The van der Waals surface area contributed by atoms with Crippen LogP contribution in [0.1, 0.15) is 11.1 Å². The Balaban J connectivity index is 2.18. The van der Waals surface area contributed by atoms with E-state index in [-0.39, 0.29) is 0 Å². The van der Waals surface area contributed by atoms with Crippen molar-refractivity contribution < 1.29 is 0 Å². The summed E-state index contributed by atoms with van der Waals surface area (Å²) in [6, 6.07) is 8.17. The molecule has 0 saturated carbocycles. The molecule has 0 aliphatic heterocycles. The molecular formula is C15H18N4. The molecule has 0 saturated heterocycles. The number of nitrogens with zero attached hydrogens (tertiary/aromatic N) is 2. The average molecular weight is 254 g/mol. The molecule has 1 aromatic heterocycles. The maximum Gasteiger partial charge on any atom is 0.135 e. The fourth-order valence-electron chi connectivity index (χ4n) is 1.71. The largest absolute Gasteiger partial charge is 0.366 e. The summed E-state index contributed by atoms with van der Waals surface area (Å²) >= 11 is 0. The Labute approximate surface area is 113 Å². The molecule has 2 N–H and O–H groups in total. The Kier molecular flexibility index (Phi) is 4.13. The van der Waals surface area contributed by atoms with Crippen molar-refractivity contribution >= 4 is 17.3 Å². The lowest BCUT2D eigenvalue weighted by Gasteiger charge is -2.10. The summed E-state index contributed by atoms with van der Waals surface area (Å²) in [7, 11) is 0. The van der Waals surface area contributed by atoms with Gasteiger partial charge in [-0.25, -0.2) is 9.97 Å².